The summed E-state index contributed by atoms with van der Waals surface area (Å²) in [5, 5.41) is 5.49. The van der Waals surface area contributed by atoms with E-state index >= 15 is 0 Å². The monoisotopic (exact) mass is 409 g/mol. The van der Waals surface area contributed by atoms with Crippen molar-refractivity contribution in [3.63, 3.8) is 0 Å². The van der Waals surface area contributed by atoms with Crippen LogP contribution < -0.4 is 14.8 Å². The highest BCUT2D eigenvalue weighted by molar-refractivity contribution is 7.99. The molecule has 0 radical (unpaired) electrons. The summed E-state index contributed by atoms with van der Waals surface area (Å²) in [6.45, 7) is 4.06. The minimum Gasteiger partial charge on any atom is -0.493 e. The van der Waals surface area contributed by atoms with Crippen molar-refractivity contribution in [1.29, 1.82) is 0 Å². The van der Waals surface area contributed by atoms with Gasteiger partial charge in [0.25, 0.3) is 0 Å². The lowest BCUT2D eigenvalue weighted by atomic mass is 10.0. The number of thioether (sulfide) groups is 1. The molecule has 3 aromatic carbocycles. The summed E-state index contributed by atoms with van der Waals surface area (Å²) in [5.41, 5.74) is 3.38. The van der Waals surface area contributed by atoms with Gasteiger partial charge in [-0.2, -0.15) is 0 Å². The SMILES string of the molecule is COc1cc(C)c(CSCC(=O)N[C@@H](C)c2ccc3ccccc3c2)cc1OC. The summed E-state index contributed by atoms with van der Waals surface area (Å²) in [6, 6.07) is 18.5. The number of aryl methyl sites for hydroxylation is 1. The van der Waals surface area contributed by atoms with E-state index in [1.807, 2.05) is 38.1 Å². The first-order valence-corrected chi connectivity index (χ1v) is 10.7. The second-order valence-electron chi connectivity index (χ2n) is 7.02. The molecule has 0 saturated carbocycles. The summed E-state index contributed by atoms with van der Waals surface area (Å²) < 4.78 is 10.7. The Morgan fingerprint density at radius 1 is 1.00 bits per heavy atom. The predicted molar refractivity (Wildman–Crippen MR) is 121 cm³/mol. The highest BCUT2D eigenvalue weighted by Gasteiger charge is 2.12. The molecule has 1 atom stereocenters. The summed E-state index contributed by atoms with van der Waals surface area (Å²) in [6.07, 6.45) is 0. The number of nitrogens with one attached hydrogen (secondary N) is 1. The molecule has 0 heterocycles. The van der Waals surface area contributed by atoms with Crippen molar-refractivity contribution in [2.45, 2.75) is 25.6 Å². The van der Waals surface area contributed by atoms with E-state index in [9.17, 15) is 4.79 Å². The molecular formula is C24H27NO3S. The largest absolute Gasteiger partial charge is 0.493 e. The Morgan fingerprint density at radius 2 is 1.69 bits per heavy atom. The summed E-state index contributed by atoms with van der Waals surface area (Å²) in [4.78, 5) is 12.4. The molecule has 0 aliphatic heterocycles. The molecule has 3 aromatic rings. The first-order chi connectivity index (χ1) is 14.0. The zero-order chi connectivity index (χ0) is 20.8. The molecular weight excluding hydrogens is 382 g/mol. The van der Waals surface area contributed by atoms with Crippen LogP contribution in [0.25, 0.3) is 10.8 Å². The molecule has 29 heavy (non-hydrogen) atoms. The normalized spacial score (nSPS) is 11.9. The molecule has 0 bridgehead atoms. The van der Waals surface area contributed by atoms with Crippen LogP contribution in [0.15, 0.2) is 54.6 Å². The van der Waals surface area contributed by atoms with Gasteiger partial charge >= 0.3 is 0 Å². The average Bonchev–Trinajstić information content (AvgIpc) is 2.74. The number of hydrogen-bond donors (Lipinski definition) is 1. The Balaban J connectivity index is 1.55. The van der Waals surface area contributed by atoms with Gasteiger partial charge in [0.05, 0.1) is 26.0 Å². The summed E-state index contributed by atoms with van der Waals surface area (Å²) in [7, 11) is 3.26. The van der Waals surface area contributed by atoms with Crippen LogP contribution in [0.2, 0.25) is 0 Å². The van der Waals surface area contributed by atoms with Crippen LogP contribution in [-0.2, 0) is 10.5 Å². The molecule has 0 saturated heterocycles. The molecule has 0 unspecified atom stereocenters. The Hall–Kier alpha value is -2.66. The quantitative estimate of drug-likeness (QED) is 0.550. The number of methoxy groups -OCH3 is 2. The minimum atomic E-state index is -0.0319. The van der Waals surface area contributed by atoms with Crippen LogP contribution in [0.4, 0.5) is 0 Å². The Kier molecular flexibility index (Phi) is 7.04. The van der Waals surface area contributed by atoms with Crippen molar-refractivity contribution in [3.8, 4) is 11.5 Å². The molecule has 4 nitrogen and oxygen atoms in total. The lowest BCUT2D eigenvalue weighted by molar-refractivity contribution is -0.119. The molecule has 152 valence electrons. The van der Waals surface area contributed by atoms with E-state index in [0.717, 1.165) is 28.2 Å². The maximum Gasteiger partial charge on any atom is 0.230 e. The van der Waals surface area contributed by atoms with E-state index in [1.165, 1.54) is 10.8 Å². The fourth-order valence-electron chi connectivity index (χ4n) is 3.28. The van der Waals surface area contributed by atoms with Crippen molar-refractivity contribution >= 4 is 28.4 Å². The molecule has 0 aliphatic rings. The Morgan fingerprint density at radius 3 is 2.41 bits per heavy atom. The van der Waals surface area contributed by atoms with E-state index in [-0.39, 0.29) is 11.9 Å². The van der Waals surface area contributed by atoms with Gasteiger partial charge in [0.15, 0.2) is 11.5 Å². The smallest absolute Gasteiger partial charge is 0.230 e. The number of benzene rings is 3. The van der Waals surface area contributed by atoms with Crippen LogP contribution in [0, 0.1) is 6.92 Å². The molecule has 3 rings (SSSR count). The summed E-state index contributed by atoms with van der Waals surface area (Å²) >= 11 is 1.59. The number of rotatable bonds is 8. The van der Waals surface area contributed by atoms with Gasteiger partial charge in [0, 0.05) is 5.75 Å². The third kappa shape index (κ3) is 5.24. The average molecular weight is 410 g/mol. The van der Waals surface area contributed by atoms with Crippen LogP contribution >= 0.6 is 11.8 Å². The van der Waals surface area contributed by atoms with Gasteiger partial charge in [0.2, 0.25) is 5.91 Å². The summed E-state index contributed by atoms with van der Waals surface area (Å²) in [5.74, 6) is 2.62. The number of ether oxygens (including phenoxy) is 2. The molecule has 0 fully saturated rings. The zero-order valence-corrected chi connectivity index (χ0v) is 18.1. The first kappa shape index (κ1) is 21.1. The first-order valence-electron chi connectivity index (χ1n) is 9.59. The van der Waals surface area contributed by atoms with E-state index in [1.54, 1.807) is 26.0 Å². The second kappa shape index (κ2) is 9.70. The van der Waals surface area contributed by atoms with Gasteiger partial charge in [0.1, 0.15) is 0 Å². The van der Waals surface area contributed by atoms with E-state index in [2.05, 4.69) is 35.6 Å². The molecule has 0 aromatic heterocycles. The third-order valence-electron chi connectivity index (χ3n) is 4.98. The number of hydrogen-bond acceptors (Lipinski definition) is 4. The fraction of sp³-hybridized carbons (Fsp3) is 0.292. The van der Waals surface area contributed by atoms with E-state index in [0.29, 0.717) is 11.5 Å². The van der Waals surface area contributed by atoms with Gasteiger partial charge < -0.3 is 14.8 Å². The molecule has 0 aliphatic carbocycles. The maximum absolute atomic E-state index is 12.4. The van der Waals surface area contributed by atoms with E-state index in [4.69, 9.17) is 9.47 Å². The third-order valence-corrected chi connectivity index (χ3v) is 5.97. The van der Waals surface area contributed by atoms with Crippen LogP contribution in [-0.4, -0.2) is 25.9 Å². The van der Waals surface area contributed by atoms with E-state index < -0.39 is 0 Å². The van der Waals surface area contributed by atoms with Gasteiger partial charge in [-0.3, -0.25) is 4.79 Å². The predicted octanol–water partition coefficient (Wildman–Crippen LogP) is 5.28. The number of carbonyl (C=O) groups excluding carboxylic acids is 1. The van der Waals surface area contributed by atoms with Gasteiger partial charge in [-0.25, -0.2) is 0 Å². The van der Waals surface area contributed by atoms with Gasteiger partial charge in [-0.1, -0.05) is 36.4 Å². The second-order valence-corrected chi connectivity index (χ2v) is 8.01. The zero-order valence-electron chi connectivity index (χ0n) is 17.3. The van der Waals surface area contributed by atoms with Crippen LogP contribution in [0.1, 0.15) is 29.7 Å². The molecule has 5 heteroatoms. The van der Waals surface area contributed by atoms with Gasteiger partial charge in [-0.15, -0.1) is 11.8 Å². The minimum absolute atomic E-state index is 0.0319. The number of carbonyl (C=O) groups is 1. The lowest BCUT2D eigenvalue weighted by Gasteiger charge is -2.16. The maximum atomic E-state index is 12.4. The fourth-order valence-corrected chi connectivity index (χ4v) is 4.18. The van der Waals surface area contributed by atoms with Crippen molar-refractivity contribution in [2.24, 2.45) is 0 Å². The molecule has 1 amide bonds. The number of fused-ring (bicyclic) bond motifs is 1. The van der Waals surface area contributed by atoms with Crippen molar-refractivity contribution in [3.05, 3.63) is 71.3 Å². The number of amides is 1. The Bertz CT molecular complexity index is 1000. The van der Waals surface area contributed by atoms with Crippen molar-refractivity contribution in [1.82, 2.24) is 5.32 Å². The topological polar surface area (TPSA) is 47.6 Å². The molecule has 1 N–H and O–H groups in total. The molecule has 0 spiro atoms. The van der Waals surface area contributed by atoms with Crippen molar-refractivity contribution < 1.29 is 14.3 Å². The highest BCUT2D eigenvalue weighted by atomic mass is 32.2. The Labute approximate surface area is 176 Å². The standard InChI is InChI=1S/C24H27NO3S/c1-16-11-22(27-3)23(28-4)13-21(16)14-29-15-24(26)25-17(2)19-10-9-18-7-5-6-8-20(18)12-19/h5-13,17H,14-15H2,1-4H3,(H,25,26)/t17-/m0/s1. The van der Waals surface area contributed by atoms with Crippen LogP contribution in [0.5, 0.6) is 11.5 Å². The van der Waals surface area contributed by atoms with Crippen molar-refractivity contribution in [2.75, 3.05) is 20.0 Å². The van der Waals surface area contributed by atoms with Crippen LogP contribution in [0.3, 0.4) is 0 Å². The van der Waals surface area contributed by atoms with Gasteiger partial charge in [-0.05, 0) is 59.5 Å². The highest BCUT2D eigenvalue weighted by Crippen LogP contribution is 2.32. The lowest BCUT2D eigenvalue weighted by Crippen LogP contribution is -2.28.